The van der Waals surface area contributed by atoms with Gasteiger partial charge < -0.3 is 14.5 Å². The number of aromatic nitrogens is 3. The molecule has 9 aromatic rings. The van der Waals surface area contributed by atoms with Gasteiger partial charge in [-0.2, -0.15) is 11.3 Å². The number of rotatable bonds is 4. The third kappa shape index (κ3) is 6.25. The number of thiophene rings is 1. The molecule has 0 unspecified atom stereocenters. The van der Waals surface area contributed by atoms with Gasteiger partial charge >= 0.3 is 0 Å². The zero-order chi connectivity index (χ0) is 33.5. The van der Waals surface area contributed by atoms with Gasteiger partial charge in [-0.1, -0.05) is 105 Å². The van der Waals surface area contributed by atoms with E-state index in [0.717, 1.165) is 39.1 Å². The quantitative estimate of drug-likeness (QED) is 0.130. The molecule has 0 aliphatic heterocycles. The molecule has 0 spiro atoms. The molecule has 3 nitrogen and oxygen atoms in total. The molecular formula is C44H35IrN3SSi-2. The molecule has 0 bridgehead atoms. The molecule has 0 saturated heterocycles. The summed E-state index contributed by atoms with van der Waals surface area (Å²) in [4.78, 5) is 9.47. The molecule has 0 aliphatic rings. The molecule has 4 heterocycles. The summed E-state index contributed by atoms with van der Waals surface area (Å²) in [6, 6.07) is 51.1. The van der Waals surface area contributed by atoms with Crippen molar-refractivity contribution in [1.82, 2.24) is 14.5 Å². The number of hydrogen-bond acceptors (Lipinski definition) is 3. The van der Waals surface area contributed by atoms with Gasteiger partial charge in [0.2, 0.25) is 0 Å². The Labute approximate surface area is 311 Å². The van der Waals surface area contributed by atoms with Crippen LogP contribution in [0.1, 0.15) is 5.56 Å². The van der Waals surface area contributed by atoms with Crippen LogP contribution < -0.4 is 5.19 Å². The van der Waals surface area contributed by atoms with Crippen LogP contribution in [0.2, 0.25) is 19.6 Å². The van der Waals surface area contributed by atoms with Crippen molar-refractivity contribution >= 4 is 66.6 Å². The van der Waals surface area contributed by atoms with Gasteiger partial charge in [-0.3, -0.25) is 0 Å². The van der Waals surface area contributed by atoms with Crippen molar-refractivity contribution in [2.24, 2.45) is 0 Å². The van der Waals surface area contributed by atoms with Crippen LogP contribution in [-0.2, 0) is 20.1 Å². The van der Waals surface area contributed by atoms with E-state index in [1.807, 2.05) is 48.0 Å². The fourth-order valence-corrected chi connectivity index (χ4v) is 8.85. The second kappa shape index (κ2) is 13.9. The molecule has 6 heteroatoms. The van der Waals surface area contributed by atoms with Gasteiger partial charge in [0.05, 0.1) is 13.6 Å². The minimum absolute atomic E-state index is 0. The van der Waals surface area contributed by atoms with Gasteiger partial charge in [0.25, 0.3) is 0 Å². The third-order valence-electron chi connectivity index (χ3n) is 9.09. The van der Waals surface area contributed by atoms with Gasteiger partial charge in [-0.15, -0.1) is 59.2 Å². The summed E-state index contributed by atoms with van der Waals surface area (Å²) < 4.78 is 4.90. The van der Waals surface area contributed by atoms with Crippen molar-refractivity contribution < 1.29 is 20.1 Å². The molecule has 4 aromatic heterocycles. The predicted octanol–water partition coefficient (Wildman–Crippen LogP) is 11.4. The molecule has 0 atom stereocenters. The first-order valence-corrected chi connectivity index (χ1v) is 20.9. The van der Waals surface area contributed by atoms with Gasteiger partial charge in [0.1, 0.15) is 0 Å². The molecule has 50 heavy (non-hydrogen) atoms. The molecule has 0 aliphatic carbocycles. The van der Waals surface area contributed by atoms with E-state index in [0.29, 0.717) is 0 Å². The minimum atomic E-state index is -1.23. The number of para-hydroxylation sites is 2. The van der Waals surface area contributed by atoms with Crippen molar-refractivity contribution in [3.8, 4) is 28.2 Å². The van der Waals surface area contributed by atoms with Crippen molar-refractivity contribution in [3.63, 3.8) is 0 Å². The van der Waals surface area contributed by atoms with E-state index in [1.54, 1.807) is 0 Å². The molecule has 5 aromatic carbocycles. The van der Waals surface area contributed by atoms with Crippen molar-refractivity contribution in [2.45, 2.75) is 26.6 Å². The summed E-state index contributed by atoms with van der Waals surface area (Å²) in [7, 11) is -1.23. The van der Waals surface area contributed by atoms with E-state index in [9.17, 15) is 0 Å². The third-order valence-corrected chi connectivity index (χ3v) is 12.3. The summed E-state index contributed by atoms with van der Waals surface area (Å²) in [5, 5.41) is 6.40. The predicted molar refractivity (Wildman–Crippen MR) is 212 cm³/mol. The van der Waals surface area contributed by atoms with E-state index in [1.165, 1.54) is 41.8 Å². The molecule has 0 N–H and O–H groups in total. The van der Waals surface area contributed by atoms with Gasteiger partial charge in [-0.25, -0.2) is 0 Å². The Morgan fingerprint density at radius 2 is 1.38 bits per heavy atom. The molecule has 0 fully saturated rings. The second-order valence-electron chi connectivity index (χ2n) is 13.4. The van der Waals surface area contributed by atoms with Crippen LogP contribution in [0.3, 0.4) is 0 Å². The van der Waals surface area contributed by atoms with Gasteiger partial charge in [-0.05, 0) is 50.9 Å². The number of benzene rings is 5. The first-order chi connectivity index (χ1) is 23.9. The minimum Gasteiger partial charge on any atom is -0.310 e. The first kappa shape index (κ1) is 33.8. The number of aryl methyl sites for hydroxylation is 1. The van der Waals surface area contributed by atoms with E-state index < -0.39 is 8.07 Å². The maximum atomic E-state index is 4.95. The Kier molecular flexibility index (Phi) is 9.38. The average molecular weight is 858 g/mol. The van der Waals surface area contributed by atoms with Crippen LogP contribution in [0.5, 0.6) is 0 Å². The standard InChI is InChI=1S/C30H19N2S.C14H16NSi.Ir/c1-19-15-16-22(30-29(19)23-12-6-8-14-28(23)33-30)25-17-27-24(18-31-25)21-11-5-7-13-26(21)32(27)20-9-3-2-4-10-20;1-16(2,3)13-9-10-14(15-11-13)12-7-5-4-6-8-12;/h2-15,17-18H,1H3;4-7,9-11H,1-3H3;/q2*-1;. The number of fused-ring (bicyclic) bond motifs is 6. The second-order valence-corrected chi connectivity index (χ2v) is 19.5. The van der Waals surface area contributed by atoms with Crippen LogP contribution in [0.4, 0.5) is 0 Å². The van der Waals surface area contributed by atoms with Gasteiger partial charge in [0, 0.05) is 59.2 Å². The average Bonchev–Trinajstić information content (AvgIpc) is 3.69. The molecular weight excluding hydrogens is 823 g/mol. The van der Waals surface area contributed by atoms with Crippen LogP contribution >= 0.6 is 11.3 Å². The Balaban J connectivity index is 0.000000196. The largest absolute Gasteiger partial charge is 0.310 e. The fraction of sp³-hybridized carbons (Fsp3) is 0.0909. The molecule has 247 valence electrons. The smallest absolute Gasteiger partial charge is 0.0795 e. The van der Waals surface area contributed by atoms with Crippen molar-refractivity contribution in [3.05, 3.63) is 157 Å². The monoisotopic (exact) mass is 858 g/mol. The van der Waals surface area contributed by atoms with Crippen molar-refractivity contribution in [2.75, 3.05) is 0 Å². The number of nitrogens with zero attached hydrogens (tertiary/aromatic N) is 3. The number of hydrogen-bond donors (Lipinski definition) is 0. The maximum absolute atomic E-state index is 4.95. The Bertz CT molecular complexity index is 2590. The molecule has 0 amide bonds. The van der Waals surface area contributed by atoms with Crippen molar-refractivity contribution in [1.29, 1.82) is 0 Å². The summed E-state index contributed by atoms with van der Waals surface area (Å²) in [6.07, 6.45) is 4.04. The zero-order valence-electron chi connectivity index (χ0n) is 28.4. The number of pyridine rings is 2. The SMILES string of the molecule is C[Si](C)(C)c1ccc(-c2[c-]cccc2)nc1.Cc1c[c-]c(-c2cc3c(cn2)c2ccccc2n3-c2ccccc2)c2sc3ccccc3c12.[Ir]. The topological polar surface area (TPSA) is 30.7 Å². The van der Waals surface area contributed by atoms with E-state index in [2.05, 4.69) is 151 Å². The molecule has 0 saturated carbocycles. The van der Waals surface area contributed by atoms with Crippen LogP contribution in [0, 0.1) is 19.1 Å². The van der Waals surface area contributed by atoms with E-state index in [-0.39, 0.29) is 20.1 Å². The summed E-state index contributed by atoms with van der Waals surface area (Å²) in [5.41, 5.74) is 8.86. The normalized spacial score (nSPS) is 11.4. The Morgan fingerprint density at radius 1 is 0.660 bits per heavy atom. The first-order valence-electron chi connectivity index (χ1n) is 16.6. The van der Waals surface area contributed by atoms with Crippen LogP contribution in [0.25, 0.3) is 70.2 Å². The van der Waals surface area contributed by atoms with E-state index >= 15 is 0 Å². The van der Waals surface area contributed by atoms with Gasteiger partial charge in [0.15, 0.2) is 0 Å². The maximum Gasteiger partial charge on any atom is 0.0795 e. The van der Waals surface area contributed by atoms with Crippen LogP contribution in [0.15, 0.2) is 140 Å². The molecule has 9 rings (SSSR count). The summed E-state index contributed by atoms with van der Waals surface area (Å²) >= 11 is 1.83. The molecule has 1 radical (unpaired) electrons. The summed E-state index contributed by atoms with van der Waals surface area (Å²) in [6.45, 7) is 9.17. The fourth-order valence-electron chi connectivity index (χ4n) is 6.53. The Morgan fingerprint density at radius 3 is 2.12 bits per heavy atom. The van der Waals surface area contributed by atoms with E-state index in [4.69, 9.17) is 4.98 Å². The summed E-state index contributed by atoms with van der Waals surface area (Å²) in [5.74, 6) is 0. The van der Waals surface area contributed by atoms with Crippen LogP contribution in [-0.4, -0.2) is 22.6 Å². The zero-order valence-corrected chi connectivity index (χ0v) is 32.6. The Hall–Kier alpha value is -4.71.